The van der Waals surface area contributed by atoms with Crippen LogP contribution in [0, 0.1) is 0 Å². The third kappa shape index (κ3) is 4.80. The minimum atomic E-state index is -0.449. The van der Waals surface area contributed by atoms with E-state index in [1.807, 2.05) is 18.2 Å². The van der Waals surface area contributed by atoms with Crippen LogP contribution in [0.3, 0.4) is 0 Å². The van der Waals surface area contributed by atoms with Crippen LogP contribution >= 0.6 is 11.6 Å². The molecule has 11 heteroatoms. The molecular formula is C22H21ClN6O4. The summed E-state index contributed by atoms with van der Waals surface area (Å²) in [6.07, 6.45) is 1.90. The fraction of sp³-hybridized carbons (Fsp3) is 0.227. The van der Waals surface area contributed by atoms with Crippen molar-refractivity contribution in [2.24, 2.45) is 0 Å². The van der Waals surface area contributed by atoms with E-state index in [-0.39, 0.29) is 18.0 Å². The van der Waals surface area contributed by atoms with Gasteiger partial charge in [0, 0.05) is 11.6 Å². The number of halogens is 1. The summed E-state index contributed by atoms with van der Waals surface area (Å²) in [6.45, 7) is 0.215. The summed E-state index contributed by atoms with van der Waals surface area (Å²) in [5.74, 6) is 0.947. The van der Waals surface area contributed by atoms with Crippen LogP contribution in [0.25, 0.3) is 16.9 Å². The van der Waals surface area contributed by atoms with Gasteiger partial charge in [0.2, 0.25) is 5.91 Å². The number of benzene rings is 2. The number of carbonyl (C=O) groups excluding carboxylic acids is 1. The van der Waals surface area contributed by atoms with E-state index >= 15 is 0 Å². The molecule has 2 aromatic carbocycles. The van der Waals surface area contributed by atoms with Crippen LogP contribution in [0.1, 0.15) is 5.56 Å². The Morgan fingerprint density at radius 1 is 1.09 bits per heavy atom. The van der Waals surface area contributed by atoms with Gasteiger partial charge in [-0.2, -0.15) is 4.68 Å². The van der Waals surface area contributed by atoms with Crippen LogP contribution in [-0.4, -0.2) is 51.2 Å². The molecular weight excluding hydrogens is 448 g/mol. The van der Waals surface area contributed by atoms with Crippen molar-refractivity contribution in [2.75, 3.05) is 20.8 Å². The number of aromatic nitrogens is 5. The maximum absolute atomic E-state index is 12.8. The van der Waals surface area contributed by atoms with Gasteiger partial charge in [-0.1, -0.05) is 22.9 Å². The summed E-state index contributed by atoms with van der Waals surface area (Å²) in [7, 11) is 3.14. The second kappa shape index (κ2) is 9.70. The van der Waals surface area contributed by atoms with Crippen molar-refractivity contribution in [1.29, 1.82) is 0 Å². The van der Waals surface area contributed by atoms with Gasteiger partial charge >= 0.3 is 0 Å². The molecule has 0 aliphatic heterocycles. The molecule has 170 valence electrons. The topological polar surface area (TPSA) is 113 Å². The van der Waals surface area contributed by atoms with E-state index in [0.29, 0.717) is 40.8 Å². The molecule has 2 aromatic heterocycles. The van der Waals surface area contributed by atoms with Crippen molar-refractivity contribution < 1.29 is 14.3 Å². The molecule has 0 bridgehead atoms. The molecule has 0 fully saturated rings. The normalized spacial score (nSPS) is 10.9. The van der Waals surface area contributed by atoms with Gasteiger partial charge in [0.15, 0.2) is 22.7 Å². The number of ether oxygens (including phenoxy) is 2. The van der Waals surface area contributed by atoms with Gasteiger partial charge in [0.25, 0.3) is 5.56 Å². The van der Waals surface area contributed by atoms with E-state index in [9.17, 15) is 9.59 Å². The molecule has 2 heterocycles. The van der Waals surface area contributed by atoms with E-state index in [1.165, 1.54) is 15.6 Å². The molecule has 33 heavy (non-hydrogen) atoms. The number of rotatable bonds is 8. The highest BCUT2D eigenvalue weighted by Crippen LogP contribution is 2.27. The number of carbonyl (C=O) groups is 1. The van der Waals surface area contributed by atoms with Crippen molar-refractivity contribution in [3.05, 3.63) is 69.7 Å². The average molecular weight is 469 g/mol. The molecule has 0 unspecified atom stereocenters. The minimum Gasteiger partial charge on any atom is -0.493 e. The van der Waals surface area contributed by atoms with E-state index in [1.54, 1.807) is 38.5 Å². The Bertz CT molecular complexity index is 1350. The molecule has 4 rings (SSSR count). The molecule has 0 atom stereocenters. The lowest BCUT2D eigenvalue weighted by Crippen LogP contribution is -2.33. The Morgan fingerprint density at radius 3 is 2.58 bits per heavy atom. The minimum absolute atomic E-state index is 0.0746. The first-order chi connectivity index (χ1) is 16.0. The van der Waals surface area contributed by atoms with Gasteiger partial charge in [0.05, 0.1) is 19.9 Å². The number of amides is 1. The zero-order chi connectivity index (χ0) is 23.4. The summed E-state index contributed by atoms with van der Waals surface area (Å²) in [5, 5.41) is 11.3. The van der Waals surface area contributed by atoms with Crippen LogP contribution < -0.4 is 20.3 Å². The summed E-state index contributed by atoms with van der Waals surface area (Å²) in [6, 6.07) is 12.5. The number of hydrogen-bond acceptors (Lipinski definition) is 7. The highest BCUT2D eigenvalue weighted by Gasteiger charge is 2.15. The fourth-order valence-electron chi connectivity index (χ4n) is 3.31. The van der Waals surface area contributed by atoms with Gasteiger partial charge in [-0.25, -0.2) is 4.98 Å². The largest absolute Gasteiger partial charge is 0.493 e. The third-order valence-corrected chi connectivity index (χ3v) is 5.25. The highest BCUT2D eigenvalue weighted by atomic mass is 35.5. The molecule has 10 nitrogen and oxygen atoms in total. The third-order valence-electron chi connectivity index (χ3n) is 5.00. The van der Waals surface area contributed by atoms with Gasteiger partial charge in [-0.3, -0.25) is 14.2 Å². The lowest BCUT2D eigenvalue weighted by atomic mass is 10.1. The monoisotopic (exact) mass is 468 g/mol. The second-order valence-electron chi connectivity index (χ2n) is 7.12. The van der Waals surface area contributed by atoms with Crippen molar-refractivity contribution in [1.82, 2.24) is 29.9 Å². The lowest BCUT2D eigenvalue weighted by molar-refractivity contribution is -0.121. The van der Waals surface area contributed by atoms with Crippen molar-refractivity contribution in [3.63, 3.8) is 0 Å². The van der Waals surface area contributed by atoms with Gasteiger partial charge in [-0.05, 0) is 48.4 Å². The SMILES string of the molecule is COc1ccc(CCNC(=O)Cn2cnc3c(nnn3-c3ccc(Cl)cc3)c2=O)cc1OC. The quantitative estimate of drug-likeness (QED) is 0.420. The standard InChI is InChI=1S/C22H21ClN6O4/c1-32-17-8-3-14(11-18(17)33-2)9-10-24-19(30)12-28-13-25-21-20(22(28)31)26-27-29(21)16-6-4-15(23)5-7-16/h3-8,11,13H,9-10,12H2,1-2H3,(H,24,30). The predicted molar refractivity (Wildman–Crippen MR) is 122 cm³/mol. The molecule has 4 aromatic rings. The average Bonchev–Trinajstić information content (AvgIpc) is 3.26. The summed E-state index contributed by atoms with van der Waals surface area (Å²) < 4.78 is 13.2. The van der Waals surface area contributed by atoms with E-state index in [4.69, 9.17) is 21.1 Å². The zero-order valence-electron chi connectivity index (χ0n) is 18.0. The Labute approximate surface area is 193 Å². The van der Waals surface area contributed by atoms with Crippen LogP contribution in [-0.2, 0) is 17.8 Å². The second-order valence-corrected chi connectivity index (χ2v) is 7.55. The Morgan fingerprint density at radius 2 is 1.85 bits per heavy atom. The van der Waals surface area contributed by atoms with Crippen molar-refractivity contribution >= 4 is 28.7 Å². The summed E-state index contributed by atoms with van der Waals surface area (Å²) in [5.41, 5.74) is 1.57. The number of methoxy groups -OCH3 is 2. The maximum Gasteiger partial charge on any atom is 0.284 e. The van der Waals surface area contributed by atoms with E-state index < -0.39 is 5.56 Å². The Balaban J connectivity index is 1.41. The number of fused-ring (bicyclic) bond motifs is 1. The van der Waals surface area contributed by atoms with E-state index in [2.05, 4.69) is 20.6 Å². The summed E-state index contributed by atoms with van der Waals surface area (Å²) >= 11 is 5.92. The van der Waals surface area contributed by atoms with Gasteiger partial charge in [0.1, 0.15) is 12.9 Å². The van der Waals surface area contributed by atoms with Crippen molar-refractivity contribution in [3.8, 4) is 17.2 Å². The molecule has 0 saturated carbocycles. The molecule has 1 N–H and O–H groups in total. The summed E-state index contributed by atoms with van der Waals surface area (Å²) in [4.78, 5) is 29.4. The van der Waals surface area contributed by atoms with Crippen LogP contribution in [0.15, 0.2) is 53.6 Å². The fourth-order valence-corrected chi connectivity index (χ4v) is 3.43. The van der Waals surface area contributed by atoms with E-state index in [0.717, 1.165) is 5.56 Å². The molecule has 0 spiro atoms. The van der Waals surface area contributed by atoms with Crippen LogP contribution in [0.4, 0.5) is 0 Å². The number of nitrogens with zero attached hydrogens (tertiary/aromatic N) is 5. The predicted octanol–water partition coefficient (Wildman–Crippen LogP) is 2.01. The first-order valence-corrected chi connectivity index (χ1v) is 10.4. The zero-order valence-corrected chi connectivity index (χ0v) is 18.7. The lowest BCUT2D eigenvalue weighted by Gasteiger charge is -2.10. The highest BCUT2D eigenvalue weighted by molar-refractivity contribution is 6.30. The van der Waals surface area contributed by atoms with Gasteiger partial charge < -0.3 is 14.8 Å². The smallest absolute Gasteiger partial charge is 0.284 e. The molecule has 0 aliphatic carbocycles. The molecule has 1 amide bonds. The number of nitrogens with one attached hydrogen (secondary N) is 1. The van der Waals surface area contributed by atoms with Crippen molar-refractivity contribution in [2.45, 2.75) is 13.0 Å². The Kier molecular flexibility index (Phi) is 6.55. The molecule has 0 radical (unpaired) electrons. The van der Waals surface area contributed by atoms with Crippen LogP contribution in [0.5, 0.6) is 11.5 Å². The first-order valence-electron chi connectivity index (χ1n) is 10.0. The molecule has 0 aliphatic rings. The maximum atomic E-state index is 12.8. The number of hydrogen-bond donors (Lipinski definition) is 1. The first kappa shape index (κ1) is 22.3. The molecule has 0 saturated heterocycles. The van der Waals surface area contributed by atoms with Gasteiger partial charge in [-0.15, -0.1) is 5.10 Å². The van der Waals surface area contributed by atoms with Crippen LogP contribution in [0.2, 0.25) is 5.02 Å². The Hall–Kier alpha value is -3.92.